The maximum Gasteiger partial charge on any atom is 0.406 e. The summed E-state index contributed by atoms with van der Waals surface area (Å²) < 4.78 is 38.9. The number of amides is 2. The second kappa shape index (κ2) is 5.14. The molecule has 1 saturated heterocycles. The molecular weight excluding hydrogens is 277 g/mol. The molecule has 2 amide bonds. The molecule has 2 N–H and O–H groups in total. The van der Waals surface area contributed by atoms with Gasteiger partial charge in [-0.15, -0.1) is 0 Å². The predicted molar refractivity (Wildman–Crippen MR) is 65.2 cm³/mol. The highest BCUT2D eigenvalue weighted by molar-refractivity contribution is 5.80. The molecule has 0 saturated carbocycles. The second-order valence-corrected chi connectivity index (χ2v) is 5.72. The van der Waals surface area contributed by atoms with E-state index in [0.717, 1.165) is 4.90 Å². The van der Waals surface area contributed by atoms with Crippen LogP contribution in [0, 0.1) is 5.41 Å². The number of aliphatic carboxylic acids is 1. The van der Waals surface area contributed by atoms with Crippen LogP contribution < -0.4 is 5.32 Å². The van der Waals surface area contributed by atoms with Gasteiger partial charge in [-0.25, -0.2) is 4.79 Å². The van der Waals surface area contributed by atoms with Crippen LogP contribution in [0.5, 0.6) is 0 Å². The van der Waals surface area contributed by atoms with Crippen molar-refractivity contribution in [3.63, 3.8) is 0 Å². The first-order chi connectivity index (χ1) is 8.95. The molecule has 1 heterocycles. The molecule has 0 radical (unpaired) electrons. The van der Waals surface area contributed by atoms with Gasteiger partial charge in [0.15, 0.2) is 5.41 Å². The number of carbonyl (C=O) groups is 2. The van der Waals surface area contributed by atoms with Gasteiger partial charge in [0.05, 0.1) is 0 Å². The number of carboxylic acid groups (broad SMARTS) is 1. The first kappa shape index (κ1) is 16.6. The number of nitrogens with zero attached hydrogens (tertiary/aromatic N) is 1. The summed E-state index contributed by atoms with van der Waals surface area (Å²) in [7, 11) is 0. The summed E-state index contributed by atoms with van der Waals surface area (Å²) in [5, 5.41) is 11.5. The predicted octanol–water partition coefficient (Wildman–Crippen LogP) is 2.22. The zero-order valence-corrected chi connectivity index (χ0v) is 11.7. The van der Waals surface area contributed by atoms with Gasteiger partial charge in [0.1, 0.15) is 0 Å². The van der Waals surface area contributed by atoms with Crippen LogP contribution in [-0.2, 0) is 4.79 Å². The molecule has 20 heavy (non-hydrogen) atoms. The molecule has 0 bridgehead atoms. The van der Waals surface area contributed by atoms with Crippen molar-refractivity contribution in [1.29, 1.82) is 0 Å². The van der Waals surface area contributed by atoms with Crippen LogP contribution in [0.25, 0.3) is 0 Å². The Morgan fingerprint density at radius 2 is 1.90 bits per heavy atom. The van der Waals surface area contributed by atoms with Crippen molar-refractivity contribution in [2.45, 2.75) is 45.3 Å². The van der Waals surface area contributed by atoms with Gasteiger partial charge in [-0.1, -0.05) is 6.92 Å². The van der Waals surface area contributed by atoms with Gasteiger partial charge in [-0.2, -0.15) is 13.2 Å². The Kier molecular flexibility index (Phi) is 4.26. The molecule has 1 atom stereocenters. The van der Waals surface area contributed by atoms with Gasteiger partial charge in [0, 0.05) is 18.6 Å². The van der Waals surface area contributed by atoms with E-state index >= 15 is 0 Å². The molecule has 116 valence electrons. The topological polar surface area (TPSA) is 69.6 Å². The van der Waals surface area contributed by atoms with Crippen LogP contribution in [0.4, 0.5) is 18.0 Å². The molecule has 0 aromatic rings. The standard InChI is InChI=1S/C12H19F3N2O3/c1-4-10(2,3)16-9(20)17-6-5-11(7-17,8(18)19)12(13,14)15/h4-7H2,1-3H3,(H,16,20)(H,18,19). The van der Waals surface area contributed by atoms with Gasteiger partial charge in [0.2, 0.25) is 0 Å². The Bertz CT molecular complexity index is 409. The summed E-state index contributed by atoms with van der Waals surface area (Å²) >= 11 is 0. The van der Waals surface area contributed by atoms with Gasteiger partial charge in [-0.3, -0.25) is 4.79 Å². The minimum atomic E-state index is -4.88. The number of halogens is 3. The van der Waals surface area contributed by atoms with E-state index in [0.29, 0.717) is 6.42 Å². The van der Waals surface area contributed by atoms with E-state index in [4.69, 9.17) is 5.11 Å². The lowest BCUT2D eigenvalue weighted by atomic mass is 9.86. The first-order valence-corrected chi connectivity index (χ1v) is 6.32. The van der Waals surface area contributed by atoms with Crippen LogP contribution in [0.3, 0.4) is 0 Å². The van der Waals surface area contributed by atoms with Crippen molar-refractivity contribution in [3.05, 3.63) is 0 Å². The largest absolute Gasteiger partial charge is 0.481 e. The van der Waals surface area contributed by atoms with Crippen molar-refractivity contribution in [1.82, 2.24) is 10.2 Å². The van der Waals surface area contributed by atoms with Crippen molar-refractivity contribution >= 4 is 12.0 Å². The third-order valence-corrected chi connectivity index (χ3v) is 3.84. The van der Waals surface area contributed by atoms with Crippen molar-refractivity contribution < 1.29 is 27.9 Å². The van der Waals surface area contributed by atoms with Gasteiger partial charge in [0.25, 0.3) is 0 Å². The molecule has 1 aliphatic heterocycles. The number of hydrogen-bond acceptors (Lipinski definition) is 2. The Morgan fingerprint density at radius 3 is 2.25 bits per heavy atom. The third kappa shape index (κ3) is 2.99. The lowest BCUT2D eigenvalue weighted by molar-refractivity contribution is -0.226. The average Bonchev–Trinajstić information content (AvgIpc) is 2.73. The molecule has 5 nitrogen and oxygen atoms in total. The van der Waals surface area contributed by atoms with Crippen molar-refractivity contribution in [2.24, 2.45) is 5.41 Å². The average molecular weight is 296 g/mol. The molecule has 1 fully saturated rings. The van der Waals surface area contributed by atoms with E-state index in [2.05, 4.69) is 5.32 Å². The van der Waals surface area contributed by atoms with Crippen molar-refractivity contribution in [3.8, 4) is 0 Å². The zero-order valence-electron chi connectivity index (χ0n) is 11.7. The number of carbonyl (C=O) groups excluding carboxylic acids is 1. The summed E-state index contributed by atoms with van der Waals surface area (Å²) in [6.45, 7) is 4.25. The smallest absolute Gasteiger partial charge is 0.406 e. The van der Waals surface area contributed by atoms with Crippen LogP contribution in [0.1, 0.15) is 33.6 Å². The Labute approximate surface area is 115 Å². The fourth-order valence-electron chi connectivity index (χ4n) is 1.97. The Morgan fingerprint density at radius 1 is 1.35 bits per heavy atom. The highest BCUT2D eigenvalue weighted by atomic mass is 19.4. The third-order valence-electron chi connectivity index (χ3n) is 3.84. The number of nitrogens with one attached hydrogen (secondary N) is 1. The highest BCUT2D eigenvalue weighted by Crippen LogP contribution is 2.45. The van der Waals surface area contributed by atoms with E-state index in [1.54, 1.807) is 13.8 Å². The SMILES string of the molecule is CCC(C)(C)NC(=O)N1CCC(C(=O)O)(C(F)(F)F)C1. The number of alkyl halides is 3. The van der Waals surface area contributed by atoms with Gasteiger partial charge >= 0.3 is 18.2 Å². The monoisotopic (exact) mass is 296 g/mol. The number of likely N-dealkylation sites (tertiary alicyclic amines) is 1. The molecule has 0 aromatic carbocycles. The van der Waals surface area contributed by atoms with E-state index in [9.17, 15) is 22.8 Å². The fourth-order valence-corrected chi connectivity index (χ4v) is 1.97. The Hall–Kier alpha value is -1.47. The van der Waals surface area contributed by atoms with E-state index < -0.39 is 42.1 Å². The number of hydrogen-bond donors (Lipinski definition) is 2. The van der Waals surface area contributed by atoms with Crippen LogP contribution >= 0.6 is 0 Å². The lowest BCUT2D eigenvalue weighted by Gasteiger charge is -2.30. The van der Waals surface area contributed by atoms with Crippen LogP contribution in [0.2, 0.25) is 0 Å². The quantitative estimate of drug-likeness (QED) is 0.839. The number of carboxylic acids is 1. The van der Waals surface area contributed by atoms with E-state index in [1.807, 2.05) is 6.92 Å². The summed E-state index contributed by atoms with van der Waals surface area (Å²) in [4.78, 5) is 23.8. The second-order valence-electron chi connectivity index (χ2n) is 5.72. The maximum atomic E-state index is 13.0. The molecule has 0 spiro atoms. The summed E-state index contributed by atoms with van der Waals surface area (Å²) in [6, 6.07) is -0.663. The zero-order chi connectivity index (χ0) is 15.8. The van der Waals surface area contributed by atoms with Crippen LogP contribution in [0.15, 0.2) is 0 Å². The maximum absolute atomic E-state index is 13.0. The molecule has 8 heteroatoms. The molecule has 1 aliphatic rings. The van der Waals surface area contributed by atoms with E-state index in [1.165, 1.54) is 0 Å². The minimum Gasteiger partial charge on any atom is -0.481 e. The molecule has 1 rings (SSSR count). The van der Waals surface area contributed by atoms with Crippen molar-refractivity contribution in [2.75, 3.05) is 13.1 Å². The first-order valence-electron chi connectivity index (χ1n) is 6.32. The Balaban J connectivity index is 2.85. The fraction of sp³-hybridized carbons (Fsp3) is 0.833. The molecule has 0 aromatic heterocycles. The summed E-state index contributed by atoms with van der Waals surface area (Å²) in [5.74, 6) is -1.94. The van der Waals surface area contributed by atoms with Crippen LogP contribution in [-0.4, -0.2) is 46.8 Å². The van der Waals surface area contributed by atoms with Gasteiger partial charge in [-0.05, 0) is 26.7 Å². The minimum absolute atomic E-state index is 0.225. The van der Waals surface area contributed by atoms with E-state index in [-0.39, 0.29) is 6.54 Å². The summed E-state index contributed by atoms with van der Waals surface area (Å²) in [5.41, 5.74) is -3.41. The highest BCUT2D eigenvalue weighted by Gasteiger charge is 2.64. The number of rotatable bonds is 3. The normalized spacial score (nSPS) is 23.8. The molecule has 1 unspecified atom stereocenters. The summed E-state index contributed by atoms with van der Waals surface area (Å²) in [6.07, 6.45) is -4.89. The lowest BCUT2D eigenvalue weighted by Crippen LogP contribution is -2.52. The number of urea groups is 1. The molecule has 0 aliphatic carbocycles. The molecular formula is C12H19F3N2O3. The van der Waals surface area contributed by atoms with Gasteiger partial charge < -0.3 is 15.3 Å².